The minimum absolute atomic E-state index is 0.150. The number of para-hydroxylation sites is 3. The molecule has 0 saturated heterocycles. The summed E-state index contributed by atoms with van der Waals surface area (Å²) in [7, 11) is 1.61. The molecule has 0 fully saturated rings. The fraction of sp³-hybridized carbons (Fsp3) is 0.269. The molecule has 0 spiro atoms. The Bertz CT molecular complexity index is 1180. The van der Waals surface area contributed by atoms with Gasteiger partial charge in [-0.2, -0.15) is 0 Å². The van der Waals surface area contributed by atoms with Gasteiger partial charge in [0, 0.05) is 6.07 Å². The van der Waals surface area contributed by atoms with Gasteiger partial charge >= 0.3 is 0 Å². The first kappa shape index (κ1) is 21.7. The van der Waals surface area contributed by atoms with E-state index in [0.717, 1.165) is 33.7 Å². The lowest BCUT2D eigenvalue weighted by Gasteiger charge is -2.17. The summed E-state index contributed by atoms with van der Waals surface area (Å²) in [6.07, 6.45) is -0.724. The van der Waals surface area contributed by atoms with Crippen molar-refractivity contribution < 1.29 is 19.3 Å². The summed E-state index contributed by atoms with van der Waals surface area (Å²) in [6.45, 7) is 4.87. The number of ether oxygens (including phenoxy) is 3. The summed E-state index contributed by atoms with van der Waals surface area (Å²) < 4.78 is 19.2. The van der Waals surface area contributed by atoms with Crippen LogP contribution in [0.4, 0.5) is 0 Å². The molecule has 0 aliphatic rings. The largest absolute Gasteiger partial charge is 0.497 e. The van der Waals surface area contributed by atoms with E-state index in [-0.39, 0.29) is 6.61 Å². The number of fused-ring (bicyclic) bond motifs is 1. The smallest absolute Gasteiger partial charge is 0.148 e. The number of hydrogen-bond donors (Lipinski definition) is 1. The fourth-order valence-electron chi connectivity index (χ4n) is 3.75. The van der Waals surface area contributed by atoms with Crippen LogP contribution >= 0.6 is 0 Å². The zero-order chi connectivity index (χ0) is 22.5. The molecule has 3 aromatic carbocycles. The second-order valence-electron chi connectivity index (χ2n) is 7.78. The van der Waals surface area contributed by atoms with Crippen LogP contribution < -0.4 is 14.2 Å². The van der Waals surface area contributed by atoms with Gasteiger partial charge in [-0.3, -0.25) is 0 Å². The third-order valence-corrected chi connectivity index (χ3v) is 5.36. The van der Waals surface area contributed by atoms with Crippen LogP contribution in [0.3, 0.4) is 0 Å². The van der Waals surface area contributed by atoms with Crippen LogP contribution in [0.1, 0.15) is 17.0 Å². The molecule has 6 nitrogen and oxygen atoms in total. The Hall–Kier alpha value is -3.51. The van der Waals surface area contributed by atoms with Crippen molar-refractivity contribution in [1.29, 1.82) is 0 Å². The van der Waals surface area contributed by atoms with E-state index in [0.29, 0.717) is 24.7 Å². The number of methoxy groups -OCH3 is 1. The Labute approximate surface area is 188 Å². The molecule has 6 heteroatoms. The Kier molecular flexibility index (Phi) is 6.61. The minimum atomic E-state index is -0.724. The van der Waals surface area contributed by atoms with Gasteiger partial charge in [0.15, 0.2) is 0 Å². The Morgan fingerprint density at radius 3 is 2.41 bits per heavy atom. The molecule has 0 amide bonds. The molecule has 32 heavy (non-hydrogen) atoms. The van der Waals surface area contributed by atoms with E-state index in [4.69, 9.17) is 19.2 Å². The Morgan fingerprint density at radius 1 is 0.906 bits per heavy atom. The molecule has 0 radical (unpaired) electrons. The second-order valence-corrected chi connectivity index (χ2v) is 7.78. The topological polar surface area (TPSA) is 65.7 Å². The predicted octanol–water partition coefficient (Wildman–Crippen LogP) is 4.68. The summed E-state index contributed by atoms with van der Waals surface area (Å²) >= 11 is 0. The van der Waals surface area contributed by atoms with Crippen LogP contribution in [0.5, 0.6) is 17.2 Å². The average molecular weight is 433 g/mol. The van der Waals surface area contributed by atoms with Crippen LogP contribution in [0, 0.1) is 13.8 Å². The third kappa shape index (κ3) is 4.86. The van der Waals surface area contributed by atoms with Gasteiger partial charge in [0.1, 0.15) is 42.4 Å². The van der Waals surface area contributed by atoms with Crippen molar-refractivity contribution in [1.82, 2.24) is 9.55 Å². The fourth-order valence-corrected chi connectivity index (χ4v) is 3.75. The monoisotopic (exact) mass is 432 g/mol. The van der Waals surface area contributed by atoms with E-state index in [1.54, 1.807) is 13.2 Å². The van der Waals surface area contributed by atoms with Crippen LogP contribution in [-0.2, 0) is 13.2 Å². The van der Waals surface area contributed by atoms with E-state index in [1.807, 2.05) is 79.1 Å². The maximum atomic E-state index is 10.7. The van der Waals surface area contributed by atoms with Gasteiger partial charge in [-0.15, -0.1) is 0 Å². The highest BCUT2D eigenvalue weighted by molar-refractivity contribution is 5.75. The number of aromatic nitrogens is 2. The minimum Gasteiger partial charge on any atom is -0.497 e. The number of aliphatic hydroxyl groups is 1. The van der Waals surface area contributed by atoms with Crippen molar-refractivity contribution in [3.05, 3.63) is 83.7 Å². The SMILES string of the molecule is COc1cccc(OCC(O)Cn2c(COc3c(C)cccc3C)nc3ccccc32)c1. The molecule has 1 atom stereocenters. The van der Waals surface area contributed by atoms with E-state index >= 15 is 0 Å². The number of hydrogen-bond acceptors (Lipinski definition) is 5. The maximum absolute atomic E-state index is 10.7. The number of nitrogens with zero attached hydrogens (tertiary/aromatic N) is 2. The summed E-state index contributed by atoms with van der Waals surface area (Å²) in [5.41, 5.74) is 3.99. The first-order valence-corrected chi connectivity index (χ1v) is 10.6. The average Bonchev–Trinajstić information content (AvgIpc) is 3.15. The number of aryl methyl sites for hydroxylation is 2. The molecule has 0 aliphatic heterocycles. The zero-order valence-electron chi connectivity index (χ0n) is 18.6. The maximum Gasteiger partial charge on any atom is 0.148 e. The van der Waals surface area contributed by atoms with Crippen molar-refractivity contribution >= 4 is 11.0 Å². The van der Waals surface area contributed by atoms with Crippen molar-refractivity contribution in [2.45, 2.75) is 33.1 Å². The molecule has 0 bridgehead atoms. The van der Waals surface area contributed by atoms with Gasteiger partial charge in [-0.1, -0.05) is 36.4 Å². The van der Waals surface area contributed by atoms with Crippen LogP contribution in [0.25, 0.3) is 11.0 Å². The van der Waals surface area contributed by atoms with Crippen molar-refractivity contribution in [3.63, 3.8) is 0 Å². The van der Waals surface area contributed by atoms with Crippen LogP contribution in [0.15, 0.2) is 66.7 Å². The van der Waals surface area contributed by atoms with Crippen molar-refractivity contribution in [3.8, 4) is 17.2 Å². The summed E-state index contributed by atoms with van der Waals surface area (Å²) in [5.74, 6) is 2.99. The van der Waals surface area contributed by atoms with Gasteiger partial charge in [0.05, 0.1) is 24.7 Å². The van der Waals surface area contributed by atoms with Crippen molar-refractivity contribution in [2.75, 3.05) is 13.7 Å². The number of rotatable bonds is 9. The first-order valence-electron chi connectivity index (χ1n) is 10.6. The van der Waals surface area contributed by atoms with E-state index in [2.05, 4.69) is 0 Å². The molecule has 0 saturated carbocycles. The molecular weight excluding hydrogens is 404 g/mol. The Morgan fingerprint density at radius 2 is 1.62 bits per heavy atom. The summed E-state index contributed by atoms with van der Waals surface area (Å²) in [4.78, 5) is 4.75. The molecule has 1 N–H and O–H groups in total. The first-order chi connectivity index (χ1) is 15.5. The highest BCUT2D eigenvalue weighted by Gasteiger charge is 2.16. The molecule has 0 aliphatic carbocycles. The lowest BCUT2D eigenvalue weighted by Crippen LogP contribution is -2.25. The molecule has 4 rings (SSSR count). The molecule has 1 unspecified atom stereocenters. The number of imidazole rings is 1. The van der Waals surface area contributed by atoms with Crippen LogP contribution in [0.2, 0.25) is 0 Å². The van der Waals surface area contributed by atoms with Gasteiger partial charge in [0.25, 0.3) is 0 Å². The van der Waals surface area contributed by atoms with Crippen LogP contribution in [-0.4, -0.2) is 34.5 Å². The summed E-state index contributed by atoms with van der Waals surface area (Å²) in [6, 6.07) is 21.3. The van der Waals surface area contributed by atoms with Gasteiger partial charge in [-0.05, 0) is 49.2 Å². The molecule has 1 heterocycles. The van der Waals surface area contributed by atoms with E-state index in [9.17, 15) is 5.11 Å². The normalized spacial score (nSPS) is 12.0. The van der Waals surface area contributed by atoms with Gasteiger partial charge < -0.3 is 23.9 Å². The third-order valence-electron chi connectivity index (χ3n) is 5.36. The molecule has 166 valence electrons. The van der Waals surface area contributed by atoms with Gasteiger partial charge in [-0.25, -0.2) is 4.98 Å². The number of aliphatic hydroxyl groups excluding tert-OH is 1. The standard InChI is InChI=1S/C26H28N2O4/c1-18-8-6-9-19(2)26(18)32-17-25-27-23-12-4-5-13-24(23)28(25)15-20(29)16-31-22-11-7-10-21(14-22)30-3/h4-14,20,29H,15-17H2,1-3H3. The zero-order valence-corrected chi connectivity index (χ0v) is 18.6. The van der Waals surface area contributed by atoms with E-state index in [1.165, 1.54) is 0 Å². The molecular formula is C26H28N2O4. The quantitative estimate of drug-likeness (QED) is 0.416. The lowest BCUT2D eigenvalue weighted by atomic mass is 10.1. The van der Waals surface area contributed by atoms with Crippen molar-refractivity contribution in [2.24, 2.45) is 0 Å². The predicted molar refractivity (Wildman–Crippen MR) is 124 cm³/mol. The number of benzene rings is 3. The molecule has 4 aromatic rings. The summed E-state index contributed by atoms with van der Waals surface area (Å²) in [5, 5.41) is 10.7. The van der Waals surface area contributed by atoms with Gasteiger partial charge in [0.2, 0.25) is 0 Å². The van der Waals surface area contributed by atoms with E-state index < -0.39 is 6.10 Å². The highest BCUT2D eigenvalue weighted by Crippen LogP contribution is 2.25. The molecule has 1 aromatic heterocycles. The second kappa shape index (κ2) is 9.75. The highest BCUT2D eigenvalue weighted by atomic mass is 16.5. The lowest BCUT2D eigenvalue weighted by molar-refractivity contribution is 0.0916. The Balaban J connectivity index is 1.50.